The first-order valence-electron chi connectivity index (χ1n) is 6.73. The number of hydrogen-bond acceptors (Lipinski definition) is 3. The first-order valence-corrected chi connectivity index (χ1v) is 7.11. The van der Waals surface area contributed by atoms with Crippen LogP contribution in [0.1, 0.15) is 29.6 Å². The number of methoxy groups -OCH3 is 1. The van der Waals surface area contributed by atoms with Crippen LogP contribution < -0.4 is 0 Å². The van der Waals surface area contributed by atoms with E-state index in [-0.39, 0.29) is 5.78 Å². The Morgan fingerprint density at radius 3 is 2.84 bits per heavy atom. The maximum absolute atomic E-state index is 12.0. The average molecular weight is 282 g/mol. The second kappa shape index (κ2) is 7.04. The molecular weight excluding hydrogens is 262 g/mol. The highest BCUT2D eigenvalue weighted by atomic mass is 35.5. The maximum Gasteiger partial charge on any atom is 0.164 e. The van der Waals surface area contributed by atoms with Crippen LogP contribution in [0.5, 0.6) is 0 Å². The fraction of sp³-hybridized carbons (Fsp3) is 0.533. The highest BCUT2D eigenvalue weighted by Crippen LogP contribution is 2.14. The van der Waals surface area contributed by atoms with E-state index in [1.165, 1.54) is 0 Å². The summed E-state index contributed by atoms with van der Waals surface area (Å²) in [6, 6.07) is 7.10. The minimum absolute atomic E-state index is 0.177. The van der Waals surface area contributed by atoms with Gasteiger partial charge in [0.15, 0.2) is 5.78 Å². The molecule has 0 aromatic heterocycles. The van der Waals surface area contributed by atoms with Gasteiger partial charge in [0.2, 0.25) is 0 Å². The SMILES string of the molecule is COC1CCCN(CCC(=O)c2ccc(Cl)cc2)C1. The Hall–Kier alpha value is -0.900. The molecule has 0 spiro atoms. The minimum atomic E-state index is 0.177. The van der Waals surface area contributed by atoms with Crippen molar-refractivity contribution in [2.45, 2.75) is 25.4 Å². The smallest absolute Gasteiger partial charge is 0.164 e. The molecule has 1 heterocycles. The summed E-state index contributed by atoms with van der Waals surface area (Å²) in [5.41, 5.74) is 0.740. The Morgan fingerprint density at radius 2 is 2.16 bits per heavy atom. The van der Waals surface area contributed by atoms with Crippen LogP contribution in [0.4, 0.5) is 0 Å². The van der Waals surface area contributed by atoms with Crippen molar-refractivity contribution >= 4 is 17.4 Å². The molecular formula is C15H20ClNO2. The summed E-state index contributed by atoms with van der Waals surface area (Å²) in [7, 11) is 1.76. The van der Waals surface area contributed by atoms with Crippen LogP contribution in [-0.4, -0.2) is 43.5 Å². The van der Waals surface area contributed by atoms with Gasteiger partial charge in [-0.15, -0.1) is 0 Å². The van der Waals surface area contributed by atoms with Crippen molar-refractivity contribution < 1.29 is 9.53 Å². The van der Waals surface area contributed by atoms with Gasteiger partial charge in [0, 0.05) is 37.2 Å². The largest absolute Gasteiger partial charge is 0.380 e. The number of halogens is 1. The lowest BCUT2D eigenvalue weighted by molar-refractivity contribution is 0.0309. The van der Waals surface area contributed by atoms with Crippen LogP contribution in [0, 0.1) is 0 Å². The molecule has 0 saturated carbocycles. The minimum Gasteiger partial charge on any atom is -0.380 e. The molecule has 0 radical (unpaired) electrons. The number of rotatable bonds is 5. The normalized spacial score (nSPS) is 20.4. The summed E-state index contributed by atoms with van der Waals surface area (Å²) in [6.07, 6.45) is 3.14. The molecule has 0 aliphatic carbocycles. The number of benzene rings is 1. The van der Waals surface area contributed by atoms with E-state index in [9.17, 15) is 4.79 Å². The van der Waals surface area contributed by atoms with Crippen molar-refractivity contribution in [3.63, 3.8) is 0 Å². The Labute approximate surface area is 119 Å². The van der Waals surface area contributed by atoms with Gasteiger partial charge in [0.25, 0.3) is 0 Å². The van der Waals surface area contributed by atoms with Crippen LogP contribution >= 0.6 is 11.6 Å². The van der Waals surface area contributed by atoms with E-state index in [0.29, 0.717) is 17.5 Å². The predicted molar refractivity (Wildman–Crippen MR) is 76.9 cm³/mol. The lowest BCUT2D eigenvalue weighted by Gasteiger charge is -2.31. The van der Waals surface area contributed by atoms with Gasteiger partial charge in [-0.1, -0.05) is 11.6 Å². The van der Waals surface area contributed by atoms with Gasteiger partial charge in [-0.2, -0.15) is 0 Å². The van der Waals surface area contributed by atoms with Crippen LogP contribution in [-0.2, 0) is 4.74 Å². The third kappa shape index (κ3) is 4.30. The standard InChI is InChI=1S/C15H20ClNO2/c1-19-14-3-2-9-17(11-14)10-8-15(18)12-4-6-13(16)7-5-12/h4-7,14H,2-3,8-11H2,1H3. The van der Waals surface area contributed by atoms with Gasteiger partial charge in [0.1, 0.15) is 0 Å². The van der Waals surface area contributed by atoms with Crippen molar-refractivity contribution in [3.05, 3.63) is 34.9 Å². The van der Waals surface area contributed by atoms with E-state index in [4.69, 9.17) is 16.3 Å². The number of hydrogen-bond donors (Lipinski definition) is 0. The Morgan fingerprint density at radius 1 is 1.42 bits per heavy atom. The van der Waals surface area contributed by atoms with E-state index < -0.39 is 0 Å². The van der Waals surface area contributed by atoms with Crippen molar-refractivity contribution in [2.24, 2.45) is 0 Å². The van der Waals surface area contributed by atoms with Gasteiger partial charge in [0.05, 0.1) is 6.10 Å². The molecule has 1 saturated heterocycles. The van der Waals surface area contributed by atoms with Gasteiger partial charge >= 0.3 is 0 Å². The summed E-state index contributed by atoms with van der Waals surface area (Å²) in [4.78, 5) is 14.4. The lowest BCUT2D eigenvalue weighted by Crippen LogP contribution is -2.40. The second-order valence-corrected chi connectivity index (χ2v) is 5.42. The third-order valence-corrected chi connectivity index (χ3v) is 3.87. The molecule has 1 atom stereocenters. The van der Waals surface area contributed by atoms with Crippen molar-refractivity contribution in [3.8, 4) is 0 Å². The van der Waals surface area contributed by atoms with E-state index in [0.717, 1.165) is 38.0 Å². The fourth-order valence-corrected chi connectivity index (χ4v) is 2.57. The zero-order chi connectivity index (χ0) is 13.7. The first kappa shape index (κ1) is 14.5. The first-order chi connectivity index (χ1) is 9.19. The molecule has 1 unspecified atom stereocenters. The van der Waals surface area contributed by atoms with Gasteiger partial charge in [-0.3, -0.25) is 4.79 Å². The Balaban J connectivity index is 1.81. The predicted octanol–water partition coefficient (Wildman–Crippen LogP) is 3.02. The van der Waals surface area contributed by atoms with Gasteiger partial charge in [-0.05, 0) is 43.7 Å². The molecule has 4 heteroatoms. The monoisotopic (exact) mass is 281 g/mol. The van der Waals surface area contributed by atoms with E-state index in [1.54, 1.807) is 31.4 Å². The van der Waals surface area contributed by atoms with Crippen LogP contribution in [0.2, 0.25) is 5.02 Å². The van der Waals surface area contributed by atoms with Crippen molar-refractivity contribution in [1.82, 2.24) is 4.90 Å². The van der Waals surface area contributed by atoms with Crippen molar-refractivity contribution in [2.75, 3.05) is 26.7 Å². The molecule has 1 aromatic rings. The van der Waals surface area contributed by atoms with Crippen LogP contribution in [0.15, 0.2) is 24.3 Å². The molecule has 1 aliphatic rings. The molecule has 1 fully saturated rings. The zero-order valence-electron chi connectivity index (χ0n) is 11.3. The summed E-state index contributed by atoms with van der Waals surface area (Å²) in [6.45, 7) is 2.81. The highest BCUT2D eigenvalue weighted by molar-refractivity contribution is 6.30. The molecule has 1 aromatic carbocycles. The number of Topliss-reactive ketones (excluding diaryl/α,β-unsaturated/α-hetero) is 1. The Kier molecular flexibility index (Phi) is 5.37. The molecule has 1 aliphatic heterocycles. The molecule has 19 heavy (non-hydrogen) atoms. The molecule has 0 bridgehead atoms. The fourth-order valence-electron chi connectivity index (χ4n) is 2.45. The Bertz CT molecular complexity index is 419. The number of carbonyl (C=O) groups excluding carboxylic acids is 1. The van der Waals surface area contributed by atoms with E-state index >= 15 is 0 Å². The van der Waals surface area contributed by atoms with Gasteiger partial charge in [-0.25, -0.2) is 0 Å². The second-order valence-electron chi connectivity index (χ2n) is 4.98. The summed E-state index contributed by atoms with van der Waals surface area (Å²) < 4.78 is 5.38. The van der Waals surface area contributed by atoms with E-state index in [1.807, 2.05) is 0 Å². The summed E-state index contributed by atoms with van der Waals surface area (Å²) >= 11 is 5.81. The molecule has 0 amide bonds. The lowest BCUT2D eigenvalue weighted by atomic mass is 10.1. The average Bonchev–Trinajstić information content (AvgIpc) is 2.46. The van der Waals surface area contributed by atoms with Crippen molar-refractivity contribution in [1.29, 1.82) is 0 Å². The maximum atomic E-state index is 12.0. The number of ether oxygens (including phenoxy) is 1. The number of likely N-dealkylation sites (tertiary alicyclic amines) is 1. The molecule has 3 nitrogen and oxygen atoms in total. The number of piperidine rings is 1. The summed E-state index contributed by atoms with van der Waals surface area (Å²) in [5.74, 6) is 0.177. The number of ketones is 1. The topological polar surface area (TPSA) is 29.5 Å². The van der Waals surface area contributed by atoms with Gasteiger partial charge < -0.3 is 9.64 Å². The molecule has 0 N–H and O–H groups in total. The van der Waals surface area contributed by atoms with Crippen LogP contribution in [0.3, 0.4) is 0 Å². The molecule has 104 valence electrons. The quantitative estimate of drug-likeness (QED) is 0.777. The van der Waals surface area contributed by atoms with E-state index in [2.05, 4.69) is 4.90 Å². The molecule has 2 rings (SSSR count). The number of nitrogens with zero attached hydrogens (tertiary/aromatic N) is 1. The zero-order valence-corrected chi connectivity index (χ0v) is 12.0. The van der Waals surface area contributed by atoms with Crippen LogP contribution in [0.25, 0.3) is 0 Å². The summed E-state index contributed by atoms with van der Waals surface area (Å²) in [5, 5.41) is 0.663. The highest BCUT2D eigenvalue weighted by Gasteiger charge is 2.19. The third-order valence-electron chi connectivity index (χ3n) is 3.62. The number of carbonyl (C=O) groups is 1.